The molecule has 0 aliphatic heterocycles. The fourth-order valence-corrected chi connectivity index (χ4v) is 5.03. The van der Waals surface area contributed by atoms with Crippen LogP contribution in [0.5, 0.6) is 0 Å². The largest absolute Gasteiger partial charge is 0.469 e. The van der Waals surface area contributed by atoms with Gasteiger partial charge in [-0.15, -0.1) is 0 Å². The maximum Gasteiger partial charge on any atom is 0.308 e. The van der Waals surface area contributed by atoms with E-state index in [1.165, 1.54) is 24.8 Å². The summed E-state index contributed by atoms with van der Waals surface area (Å²) in [5.41, 5.74) is 8.11. The first-order chi connectivity index (χ1) is 17.8. The van der Waals surface area contributed by atoms with Gasteiger partial charge >= 0.3 is 5.97 Å². The number of carbonyl (C=O) groups excluding carboxylic acids is 1. The Bertz CT molecular complexity index is 1280. The van der Waals surface area contributed by atoms with Crippen LogP contribution in [0.4, 0.5) is 4.39 Å². The lowest BCUT2D eigenvalue weighted by atomic mass is 9.86. The van der Waals surface area contributed by atoms with Crippen LogP contribution < -0.4 is 0 Å². The summed E-state index contributed by atoms with van der Waals surface area (Å²) in [5, 5.41) is 20.8. The van der Waals surface area contributed by atoms with E-state index in [0.717, 1.165) is 58.5 Å². The van der Waals surface area contributed by atoms with Crippen molar-refractivity contribution in [2.45, 2.75) is 64.1 Å². The molecule has 37 heavy (non-hydrogen) atoms. The van der Waals surface area contributed by atoms with Crippen LogP contribution in [0.3, 0.4) is 0 Å². The Kier molecular flexibility index (Phi) is 8.52. The van der Waals surface area contributed by atoms with E-state index in [0.29, 0.717) is 0 Å². The van der Waals surface area contributed by atoms with Crippen molar-refractivity contribution in [1.29, 1.82) is 0 Å². The minimum Gasteiger partial charge on any atom is -0.469 e. The summed E-state index contributed by atoms with van der Waals surface area (Å²) in [5.74, 6) is -0.744. The van der Waals surface area contributed by atoms with Gasteiger partial charge in [0.05, 0.1) is 37.1 Å². The van der Waals surface area contributed by atoms with Crippen molar-refractivity contribution in [2.75, 3.05) is 7.11 Å². The summed E-state index contributed by atoms with van der Waals surface area (Å²) in [6.07, 6.45) is 4.06. The summed E-state index contributed by atoms with van der Waals surface area (Å²) in [6, 6.07) is 14.9. The molecule has 0 saturated heterocycles. The van der Waals surface area contributed by atoms with Crippen molar-refractivity contribution in [3.05, 3.63) is 82.8 Å². The Morgan fingerprint density at radius 2 is 1.84 bits per heavy atom. The van der Waals surface area contributed by atoms with Gasteiger partial charge in [0, 0.05) is 17.5 Å². The quantitative estimate of drug-likeness (QED) is 0.377. The predicted molar refractivity (Wildman–Crippen MR) is 143 cm³/mol. The van der Waals surface area contributed by atoms with Crippen molar-refractivity contribution in [1.82, 2.24) is 4.98 Å². The second-order valence-electron chi connectivity index (χ2n) is 9.88. The maximum absolute atomic E-state index is 13.9. The number of halogens is 1. The Balaban J connectivity index is 1.86. The van der Waals surface area contributed by atoms with Crippen LogP contribution in [0.2, 0.25) is 0 Å². The third-order valence-electron chi connectivity index (χ3n) is 6.82. The highest BCUT2D eigenvalue weighted by Gasteiger charge is 2.25. The number of methoxy groups -OCH3 is 1. The second kappa shape index (κ2) is 11.8. The summed E-state index contributed by atoms with van der Waals surface area (Å²) in [4.78, 5) is 16.7. The Hall–Kier alpha value is -3.35. The molecule has 4 rings (SSSR count). The van der Waals surface area contributed by atoms with Crippen LogP contribution >= 0.6 is 0 Å². The van der Waals surface area contributed by atoms with Crippen molar-refractivity contribution < 1.29 is 24.1 Å². The summed E-state index contributed by atoms with van der Waals surface area (Å²) >= 11 is 0. The van der Waals surface area contributed by atoms with E-state index in [2.05, 4.69) is 36.8 Å². The van der Waals surface area contributed by atoms with E-state index >= 15 is 0 Å². The third-order valence-corrected chi connectivity index (χ3v) is 6.82. The zero-order valence-corrected chi connectivity index (χ0v) is 21.6. The van der Waals surface area contributed by atoms with Crippen LogP contribution in [0.25, 0.3) is 28.5 Å². The van der Waals surface area contributed by atoms with Crippen molar-refractivity contribution in [3.8, 4) is 22.4 Å². The number of ether oxygens (including phenoxy) is 1. The van der Waals surface area contributed by atoms with Crippen molar-refractivity contribution in [2.24, 2.45) is 0 Å². The molecule has 194 valence electrons. The zero-order valence-electron chi connectivity index (χ0n) is 21.6. The van der Waals surface area contributed by atoms with Gasteiger partial charge in [-0.05, 0) is 59.6 Å². The van der Waals surface area contributed by atoms with Crippen LogP contribution in [0.15, 0.2) is 54.6 Å². The number of benzene rings is 2. The molecule has 1 heterocycles. The number of rotatable bonds is 8. The molecule has 0 bridgehead atoms. The van der Waals surface area contributed by atoms with E-state index < -0.39 is 18.2 Å². The van der Waals surface area contributed by atoms with Gasteiger partial charge in [-0.1, -0.05) is 62.4 Å². The van der Waals surface area contributed by atoms with E-state index in [9.17, 15) is 19.4 Å². The first kappa shape index (κ1) is 26.7. The molecule has 2 aromatic carbocycles. The van der Waals surface area contributed by atoms with Gasteiger partial charge in [0.2, 0.25) is 0 Å². The number of hydrogen-bond acceptors (Lipinski definition) is 5. The molecule has 2 N–H and O–H groups in total. The average molecular weight is 504 g/mol. The molecule has 1 aliphatic rings. The Morgan fingerprint density at radius 1 is 1.11 bits per heavy atom. The topological polar surface area (TPSA) is 79.7 Å². The zero-order chi connectivity index (χ0) is 26.5. The molecular formula is C31H34FNO4. The van der Waals surface area contributed by atoms with Gasteiger partial charge in [-0.25, -0.2) is 4.39 Å². The standard InChI is InChI=1S/C31H34FNO4/c1-19(2)30-27(16-15-23(34)17-24(35)18-28(36)37-3)29(21-11-13-22(32)14-12-21)26-10-6-8-20-7-4-5-9-25(20)31(26)33-30/h4-5,7,9,11-16,19,23-24,34-35H,6,8,10,17-18H2,1-3H3/b16-15+. The minimum absolute atomic E-state index is 0.000236. The van der Waals surface area contributed by atoms with E-state index in [1.807, 2.05) is 12.1 Å². The molecule has 0 spiro atoms. The number of aryl methyl sites for hydroxylation is 1. The van der Waals surface area contributed by atoms with Crippen molar-refractivity contribution >= 4 is 12.0 Å². The molecule has 3 aromatic rings. The van der Waals surface area contributed by atoms with Crippen molar-refractivity contribution in [3.63, 3.8) is 0 Å². The second-order valence-corrected chi connectivity index (χ2v) is 9.88. The number of aromatic nitrogens is 1. The number of pyridine rings is 1. The first-order valence-electron chi connectivity index (χ1n) is 12.8. The molecule has 1 aromatic heterocycles. The minimum atomic E-state index is -1.02. The molecule has 2 atom stereocenters. The Morgan fingerprint density at radius 3 is 2.54 bits per heavy atom. The van der Waals surface area contributed by atoms with Gasteiger partial charge in [0.25, 0.3) is 0 Å². The molecule has 2 unspecified atom stereocenters. The van der Waals surface area contributed by atoms with Crippen LogP contribution in [0, 0.1) is 5.82 Å². The third kappa shape index (κ3) is 6.14. The summed E-state index contributed by atoms with van der Waals surface area (Å²) < 4.78 is 18.5. The summed E-state index contributed by atoms with van der Waals surface area (Å²) in [7, 11) is 1.26. The van der Waals surface area contributed by atoms with Crippen LogP contribution in [-0.4, -0.2) is 40.5 Å². The molecule has 5 nitrogen and oxygen atoms in total. The Labute approximate surface area is 217 Å². The number of aliphatic hydroxyl groups excluding tert-OH is 2. The monoisotopic (exact) mass is 503 g/mol. The lowest BCUT2D eigenvalue weighted by Gasteiger charge is -2.22. The SMILES string of the molecule is COC(=O)CC(O)CC(O)/C=C/c1c(C(C)C)nc2c(c1-c1ccc(F)cc1)CCCc1ccccc1-2. The molecule has 0 amide bonds. The number of esters is 1. The highest BCUT2D eigenvalue weighted by atomic mass is 19.1. The molecule has 1 aliphatic carbocycles. The molecule has 0 saturated carbocycles. The highest BCUT2D eigenvalue weighted by molar-refractivity contribution is 5.85. The molecule has 6 heteroatoms. The number of hydrogen-bond donors (Lipinski definition) is 2. The fraction of sp³-hybridized carbons (Fsp3) is 0.355. The highest BCUT2D eigenvalue weighted by Crippen LogP contribution is 2.42. The van der Waals surface area contributed by atoms with E-state index in [1.54, 1.807) is 18.2 Å². The average Bonchev–Trinajstić information content (AvgIpc) is 3.06. The molecule has 0 fully saturated rings. The number of aliphatic hydroxyl groups is 2. The van der Waals surface area contributed by atoms with Crippen LogP contribution in [-0.2, 0) is 22.4 Å². The smallest absolute Gasteiger partial charge is 0.308 e. The fourth-order valence-electron chi connectivity index (χ4n) is 5.03. The molecule has 0 radical (unpaired) electrons. The normalized spacial score (nSPS) is 14.7. The number of carbonyl (C=O) groups is 1. The lowest BCUT2D eigenvalue weighted by molar-refractivity contribution is -0.143. The van der Waals surface area contributed by atoms with Gasteiger partial charge in [0.15, 0.2) is 0 Å². The number of fused-ring (bicyclic) bond motifs is 3. The van der Waals surface area contributed by atoms with Crippen LogP contribution in [0.1, 0.15) is 61.4 Å². The maximum atomic E-state index is 13.9. The first-order valence-corrected chi connectivity index (χ1v) is 12.8. The van der Waals surface area contributed by atoms with Gasteiger partial charge in [-0.3, -0.25) is 9.78 Å². The predicted octanol–water partition coefficient (Wildman–Crippen LogP) is 5.86. The summed E-state index contributed by atoms with van der Waals surface area (Å²) in [6.45, 7) is 4.17. The number of nitrogens with zero attached hydrogens (tertiary/aromatic N) is 1. The van der Waals surface area contributed by atoms with Gasteiger partial charge < -0.3 is 14.9 Å². The molecular weight excluding hydrogens is 469 g/mol. The van der Waals surface area contributed by atoms with E-state index in [-0.39, 0.29) is 24.6 Å². The van der Waals surface area contributed by atoms with E-state index in [4.69, 9.17) is 4.98 Å². The lowest BCUT2D eigenvalue weighted by Crippen LogP contribution is -2.20. The van der Waals surface area contributed by atoms with Gasteiger partial charge in [-0.2, -0.15) is 0 Å². The van der Waals surface area contributed by atoms with Gasteiger partial charge in [0.1, 0.15) is 5.82 Å².